The van der Waals surface area contributed by atoms with Crippen LogP contribution in [0.1, 0.15) is 16.8 Å². The van der Waals surface area contributed by atoms with Crippen molar-refractivity contribution < 1.29 is 14.4 Å². The van der Waals surface area contributed by atoms with Gasteiger partial charge in [0, 0.05) is 6.20 Å². The van der Waals surface area contributed by atoms with Crippen molar-refractivity contribution in [2.45, 2.75) is 12.5 Å². The minimum absolute atomic E-state index is 0.170. The molecule has 0 fully saturated rings. The topological polar surface area (TPSA) is 116 Å². The highest BCUT2D eigenvalue weighted by molar-refractivity contribution is 6.11. The number of nitrogens with zero attached hydrogens (tertiary/aromatic N) is 1. The van der Waals surface area contributed by atoms with E-state index in [0.717, 1.165) is 0 Å². The van der Waals surface area contributed by atoms with Crippen LogP contribution in [0.5, 0.6) is 0 Å². The summed E-state index contributed by atoms with van der Waals surface area (Å²) in [6.07, 6.45) is 2.79. The van der Waals surface area contributed by atoms with E-state index in [-0.39, 0.29) is 6.42 Å². The Balaban J connectivity index is 1.71. The quantitative estimate of drug-likeness (QED) is 0.660. The maximum absolute atomic E-state index is 12.1. The summed E-state index contributed by atoms with van der Waals surface area (Å²) >= 11 is 0. The van der Waals surface area contributed by atoms with Crippen LogP contribution >= 0.6 is 0 Å². The second-order valence-corrected chi connectivity index (χ2v) is 4.80. The number of carbonyl (C=O) groups excluding carboxylic acids is 3. The number of hydrogen-bond acceptors (Lipinski definition) is 4. The maximum atomic E-state index is 12.1. The highest BCUT2D eigenvalue weighted by Gasteiger charge is 2.29. The lowest BCUT2D eigenvalue weighted by Gasteiger charge is -2.13. The van der Waals surface area contributed by atoms with Gasteiger partial charge in [-0.2, -0.15) is 5.10 Å². The lowest BCUT2D eigenvalue weighted by molar-refractivity contribution is -0.122. The van der Waals surface area contributed by atoms with Gasteiger partial charge in [-0.1, -0.05) is 12.1 Å². The van der Waals surface area contributed by atoms with Gasteiger partial charge in [-0.15, -0.1) is 0 Å². The van der Waals surface area contributed by atoms with E-state index in [4.69, 9.17) is 0 Å². The molecule has 8 heteroatoms. The smallest absolute Gasteiger partial charge is 0.254 e. The minimum atomic E-state index is -0.938. The molecule has 0 saturated carbocycles. The lowest BCUT2D eigenvalue weighted by Crippen LogP contribution is -2.43. The number of H-pyrrole nitrogens is 1. The van der Waals surface area contributed by atoms with Crippen LogP contribution < -0.4 is 16.0 Å². The molecule has 0 unspecified atom stereocenters. The number of carbonyl (C=O) groups is 3. The van der Waals surface area contributed by atoms with Gasteiger partial charge in [0.1, 0.15) is 6.04 Å². The van der Waals surface area contributed by atoms with E-state index < -0.39 is 23.8 Å². The molecule has 3 amide bonds. The summed E-state index contributed by atoms with van der Waals surface area (Å²) in [5.41, 5.74) is 1.30. The first kappa shape index (κ1) is 13.8. The number of anilines is 2. The number of nitrogens with one attached hydrogen (secondary N) is 4. The van der Waals surface area contributed by atoms with E-state index in [0.29, 0.717) is 16.9 Å². The lowest BCUT2D eigenvalue weighted by atomic mass is 10.1. The third-order valence-corrected chi connectivity index (χ3v) is 3.22. The maximum Gasteiger partial charge on any atom is 0.254 e. The highest BCUT2D eigenvalue weighted by atomic mass is 16.2. The SMILES string of the molecule is O=C(C[C@H]1NC(=O)c2ccccc2NC1=O)Nc1cn[nH]c1. The normalized spacial score (nSPS) is 17.0. The van der Waals surface area contributed by atoms with Crippen molar-refractivity contribution in [3.63, 3.8) is 0 Å². The molecule has 1 atom stereocenters. The summed E-state index contributed by atoms with van der Waals surface area (Å²) in [6, 6.07) is 5.74. The number of rotatable bonds is 3. The molecule has 22 heavy (non-hydrogen) atoms. The molecule has 1 aromatic heterocycles. The predicted molar refractivity (Wildman–Crippen MR) is 78.2 cm³/mol. The van der Waals surface area contributed by atoms with E-state index >= 15 is 0 Å². The van der Waals surface area contributed by atoms with E-state index in [1.165, 1.54) is 12.4 Å². The molecular weight excluding hydrogens is 286 g/mol. The van der Waals surface area contributed by atoms with Crippen LogP contribution in [0.15, 0.2) is 36.7 Å². The largest absolute Gasteiger partial charge is 0.340 e. The molecule has 0 spiro atoms. The van der Waals surface area contributed by atoms with Gasteiger partial charge in [-0.25, -0.2) is 0 Å². The van der Waals surface area contributed by atoms with Gasteiger partial charge in [0.05, 0.1) is 29.6 Å². The van der Waals surface area contributed by atoms with Crippen LogP contribution in [0, 0.1) is 0 Å². The molecule has 1 aliphatic rings. The Kier molecular flexibility index (Phi) is 3.57. The van der Waals surface area contributed by atoms with Gasteiger partial charge in [0.2, 0.25) is 11.8 Å². The molecule has 2 aromatic rings. The second kappa shape index (κ2) is 5.68. The van der Waals surface area contributed by atoms with Gasteiger partial charge in [-0.05, 0) is 12.1 Å². The zero-order valence-corrected chi connectivity index (χ0v) is 11.4. The zero-order valence-electron chi connectivity index (χ0n) is 11.4. The fourth-order valence-corrected chi connectivity index (χ4v) is 2.17. The van der Waals surface area contributed by atoms with Gasteiger partial charge in [0.15, 0.2) is 0 Å². The molecule has 0 aliphatic carbocycles. The Morgan fingerprint density at radius 3 is 2.86 bits per heavy atom. The number of fused-ring (bicyclic) bond motifs is 1. The fourth-order valence-electron chi connectivity index (χ4n) is 2.17. The third kappa shape index (κ3) is 2.80. The molecule has 0 radical (unpaired) electrons. The van der Waals surface area contributed by atoms with E-state index in [9.17, 15) is 14.4 Å². The van der Waals surface area contributed by atoms with Crippen LogP contribution in [0.25, 0.3) is 0 Å². The molecule has 112 valence electrons. The van der Waals surface area contributed by atoms with Crippen molar-refractivity contribution in [1.82, 2.24) is 15.5 Å². The summed E-state index contributed by atoms with van der Waals surface area (Å²) in [7, 11) is 0. The first-order valence-electron chi connectivity index (χ1n) is 6.63. The van der Waals surface area contributed by atoms with Crippen LogP contribution in [0.2, 0.25) is 0 Å². The Hall–Kier alpha value is -3.16. The second-order valence-electron chi connectivity index (χ2n) is 4.80. The average molecular weight is 299 g/mol. The Labute approximate surface area is 125 Å². The van der Waals surface area contributed by atoms with Crippen molar-refractivity contribution in [3.05, 3.63) is 42.2 Å². The standard InChI is InChI=1S/C14H13N5O3/c20-12(17-8-6-15-16-7-8)5-11-14(22)18-10-4-2-1-3-9(10)13(21)19-11/h1-4,6-7,11H,5H2,(H,15,16)(H,17,20)(H,18,22)(H,19,21)/t11-/m1/s1. The average Bonchev–Trinajstić information content (AvgIpc) is 2.95. The Bertz CT molecular complexity index is 726. The first-order valence-corrected chi connectivity index (χ1v) is 6.63. The summed E-state index contributed by atoms with van der Waals surface area (Å²) in [5, 5.41) is 14.1. The first-order chi connectivity index (χ1) is 10.6. The zero-order chi connectivity index (χ0) is 15.5. The van der Waals surface area contributed by atoms with Crippen LogP contribution in [0.3, 0.4) is 0 Å². The molecule has 0 saturated heterocycles. The van der Waals surface area contributed by atoms with Crippen molar-refractivity contribution in [1.29, 1.82) is 0 Å². The number of aromatic amines is 1. The fraction of sp³-hybridized carbons (Fsp3) is 0.143. The number of para-hydroxylation sites is 1. The summed E-state index contributed by atoms with van der Waals surface area (Å²) < 4.78 is 0. The Morgan fingerprint density at radius 2 is 2.09 bits per heavy atom. The molecule has 2 heterocycles. The molecule has 8 nitrogen and oxygen atoms in total. The van der Waals surface area contributed by atoms with Crippen molar-refractivity contribution in [2.24, 2.45) is 0 Å². The van der Waals surface area contributed by atoms with Crippen LogP contribution in [0.4, 0.5) is 11.4 Å². The third-order valence-electron chi connectivity index (χ3n) is 3.22. The number of benzene rings is 1. The van der Waals surface area contributed by atoms with Crippen molar-refractivity contribution in [3.8, 4) is 0 Å². The molecule has 1 aliphatic heterocycles. The summed E-state index contributed by atoms with van der Waals surface area (Å²) in [4.78, 5) is 36.2. The molecule has 1 aromatic carbocycles. The van der Waals surface area contributed by atoms with E-state index in [2.05, 4.69) is 26.1 Å². The Morgan fingerprint density at radius 1 is 1.27 bits per heavy atom. The van der Waals surface area contributed by atoms with Gasteiger partial charge in [-0.3, -0.25) is 19.5 Å². The number of amides is 3. The summed E-state index contributed by atoms with van der Waals surface area (Å²) in [5.74, 6) is -1.22. The van der Waals surface area contributed by atoms with Crippen molar-refractivity contribution in [2.75, 3.05) is 10.6 Å². The van der Waals surface area contributed by atoms with E-state index in [1.807, 2.05) is 0 Å². The number of aromatic nitrogens is 2. The minimum Gasteiger partial charge on any atom is -0.340 e. The van der Waals surface area contributed by atoms with Gasteiger partial charge in [0.25, 0.3) is 5.91 Å². The number of hydrogen-bond donors (Lipinski definition) is 4. The van der Waals surface area contributed by atoms with Crippen LogP contribution in [-0.2, 0) is 9.59 Å². The van der Waals surface area contributed by atoms with Gasteiger partial charge < -0.3 is 16.0 Å². The van der Waals surface area contributed by atoms with Crippen molar-refractivity contribution >= 4 is 29.1 Å². The summed E-state index contributed by atoms with van der Waals surface area (Å²) in [6.45, 7) is 0. The molecule has 3 rings (SSSR count). The molecular formula is C14H13N5O3. The van der Waals surface area contributed by atoms with E-state index in [1.54, 1.807) is 24.3 Å². The highest BCUT2D eigenvalue weighted by Crippen LogP contribution is 2.19. The monoisotopic (exact) mass is 299 g/mol. The predicted octanol–water partition coefficient (Wildman–Crippen LogP) is 0.489. The molecule has 4 N–H and O–H groups in total. The molecule has 0 bridgehead atoms. The van der Waals surface area contributed by atoms with Crippen LogP contribution in [-0.4, -0.2) is 34.0 Å². The van der Waals surface area contributed by atoms with Gasteiger partial charge >= 0.3 is 0 Å².